The van der Waals surface area contributed by atoms with E-state index in [-0.39, 0.29) is 55.3 Å². The zero-order valence-corrected chi connectivity index (χ0v) is 17.8. The highest BCUT2D eigenvalue weighted by Crippen LogP contribution is 2.15. The molecule has 0 aliphatic carbocycles. The Morgan fingerprint density at radius 3 is 2.37 bits per heavy atom. The van der Waals surface area contributed by atoms with Crippen molar-refractivity contribution < 1.29 is 9.90 Å². The van der Waals surface area contributed by atoms with E-state index in [4.69, 9.17) is 0 Å². The number of rotatable bonds is 6. The van der Waals surface area contributed by atoms with Crippen molar-refractivity contribution >= 4 is 48.8 Å². The number of aliphatic hydroxyl groups excluding tert-OH is 1. The predicted octanol–water partition coefficient (Wildman–Crippen LogP) is 1.30. The molecule has 0 bridgehead atoms. The van der Waals surface area contributed by atoms with Gasteiger partial charge in [0.2, 0.25) is 5.91 Å². The Labute approximate surface area is 180 Å². The summed E-state index contributed by atoms with van der Waals surface area (Å²) in [6, 6.07) is 10.3. The maximum atomic E-state index is 11.9. The van der Waals surface area contributed by atoms with Crippen LogP contribution in [0.15, 0.2) is 30.3 Å². The van der Waals surface area contributed by atoms with Crippen molar-refractivity contribution in [2.75, 3.05) is 50.7 Å². The summed E-state index contributed by atoms with van der Waals surface area (Å²) in [6.07, 6.45) is 1.10. The fourth-order valence-electron chi connectivity index (χ4n) is 3.42. The second kappa shape index (κ2) is 13.4. The molecule has 27 heavy (non-hydrogen) atoms. The lowest BCUT2D eigenvalue weighted by Gasteiger charge is -2.36. The molecule has 1 amide bonds. The lowest BCUT2D eigenvalue weighted by molar-refractivity contribution is -0.122. The number of hydrogen-bond donors (Lipinski definition) is 3. The highest BCUT2D eigenvalue weighted by Gasteiger charge is 2.27. The van der Waals surface area contributed by atoms with Gasteiger partial charge in [-0.3, -0.25) is 9.69 Å². The molecule has 2 saturated heterocycles. The van der Waals surface area contributed by atoms with Gasteiger partial charge in [0.15, 0.2) is 0 Å². The zero-order valence-electron chi connectivity index (χ0n) is 15.4. The van der Waals surface area contributed by atoms with Crippen LogP contribution in [0.4, 0.5) is 5.69 Å². The number of hydrogen-bond acceptors (Lipinski definition) is 5. The van der Waals surface area contributed by atoms with Crippen molar-refractivity contribution in [1.29, 1.82) is 0 Å². The van der Waals surface area contributed by atoms with E-state index in [1.54, 1.807) is 0 Å². The summed E-state index contributed by atoms with van der Waals surface area (Å²) in [5, 5.41) is 15.4. The number of benzene rings is 1. The van der Waals surface area contributed by atoms with Crippen LogP contribution in [0.25, 0.3) is 0 Å². The van der Waals surface area contributed by atoms with Gasteiger partial charge in [-0.15, -0.1) is 37.2 Å². The molecule has 3 rings (SSSR count). The molecule has 9 heteroatoms. The lowest BCUT2D eigenvalue weighted by atomic mass is 10.2. The Morgan fingerprint density at radius 1 is 1.11 bits per heavy atom. The first-order valence-electron chi connectivity index (χ1n) is 8.94. The number of aliphatic hydroxyl groups is 1. The van der Waals surface area contributed by atoms with E-state index in [1.807, 2.05) is 0 Å². The molecule has 6 nitrogen and oxygen atoms in total. The Morgan fingerprint density at radius 2 is 1.78 bits per heavy atom. The number of halogens is 3. The van der Waals surface area contributed by atoms with Gasteiger partial charge in [0.1, 0.15) is 0 Å². The molecule has 2 aliphatic rings. The minimum absolute atomic E-state index is 0. The summed E-state index contributed by atoms with van der Waals surface area (Å²) >= 11 is 0. The highest BCUT2D eigenvalue weighted by molar-refractivity contribution is 5.86. The fourth-order valence-corrected chi connectivity index (χ4v) is 3.42. The molecule has 1 aromatic rings. The smallest absolute Gasteiger partial charge is 0.237 e. The van der Waals surface area contributed by atoms with Crippen molar-refractivity contribution in [3.05, 3.63) is 30.3 Å². The maximum Gasteiger partial charge on any atom is 0.237 e. The summed E-state index contributed by atoms with van der Waals surface area (Å²) in [4.78, 5) is 16.8. The van der Waals surface area contributed by atoms with Crippen LogP contribution in [0.3, 0.4) is 0 Å². The molecular weight excluding hydrogens is 411 g/mol. The third kappa shape index (κ3) is 8.02. The molecule has 2 aliphatic heterocycles. The van der Waals surface area contributed by atoms with Gasteiger partial charge in [0, 0.05) is 45.0 Å². The summed E-state index contributed by atoms with van der Waals surface area (Å²) in [5.74, 6) is 0.0143. The second-order valence-electron chi connectivity index (χ2n) is 6.66. The third-order valence-electron chi connectivity index (χ3n) is 4.87. The number of carbonyl (C=O) groups is 1. The van der Waals surface area contributed by atoms with Gasteiger partial charge in [-0.2, -0.15) is 0 Å². The molecular formula is C18H31Cl3N4O2. The predicted molar refractivity (Wildman–Crippen MR) is 117 cm³/mol. The van der Waals surface area contributed by atoms with Gasteiger partial charge in [0.05, 0.1) is 12.1 Å². The van der Waals surface area contributed by atoms with Crippen LogP contribution >= 0.6 is 37.2 Å². The van der Waals surface area contributed by atoms with Gasteiger partial charge >= 0.3 is 0 Å². The first-order chi connectivity index (χ1) is 11.7. The summed E-state index contributed by atoms with van der Waals surface area (Å²) < 4.78 is 0. The molecule has 156 valence electrons. The standard InChI is InChI=1S/C18H28N4O2.3ClH/c23-16-13-17(20-14-16)18(24)19-7-4-8-21-9-11-22(12-10-21)15-5-2-1-3-6-15;;;/h1-3,5-6,16-17,20,23H,4,7-14H2,(H,19,24);3*1H. The summed E-state index contributed by atoms with van der Waals surface area (Å²) in [5.41, 5.74) is 1.30. The molecule has 0 saturated carbocycles. The molecule has 2 atom stereocenters. The molecule has 0 spiro atoms. The first-order valence-corrected chi connectivity index (χ1v) is 8.94. The highest BCUT2D eigenvalue weighted by atomic mass is 35.5. The normalized spacial score (nSPS) is 22.2. The van der Waals surface area contributed by atoms with E-state index in [1.165, 1.54) is 5.69 Å². The molecule has 2 unspecified atom stereocenters. The van der Waals surface area contributed by atoms with Gasteiger partial charge in [0.25, 0.3) is 0 Å². The number of piperazine rings is 1. The second-order valence-corrected chi connectivity index (χ2v) is 6.66. The number of carbonyl (C=O) groups excluding carboxylic acids is 1. The number of nitrogens with one attached hydrogen (secondary N) is 2. The van der Waals surface area contributed by atoms with Crippen molar-refractivity contribution in [2.24, 2.45) is 0 Å². The van der Waals surface area contributed by atoms with Crippen LogP contribution in [0.2, 0.25) is 0 Å². The maximum absolute atomic E-state index is 11.9. The van der Waals surface area contributed by atoms with E-state index >= 15 is 0 Å². The van der Waals surface area contributed by atoms with Crippen molar-refractivity contribution in [3.8, 4) is 0 Å². The van der Waals surface area contributed by atoms with Crippen molar-refractivity contribution in [3.63, 3.8) is 0 Å². The minimum atomic E-state index is -0.387. The van der Waals surface area contributed by atoms with E-state index in [9.17, 15) is 9.90 Å². The average molecular weight is 442 g/mol. The monoisotopic (exact) mass is 440 g/mol. The average Bonchev–Trinajstić information content (AvgIpc) is 3.06. The summed E-state index contributed by atoms with van der Waals surface area (Å²) in [7, 11) is 0. The van der Waals surface area contributed by atoms with Crippen LogP contribution in [0, 0.1) is 0 Å². The molecule has 0 aromatic heterocycles. The van der Waals surface area contributed by atoms with E-state index < -0.39 is 0 Å². The van der Waals surface area contributed by atoms with Crippen LogP contribution in [0.5, 0.6) is 0 Å². The molecule has 2 fully saturated rings. The van der Waals surface area contributed by atoms with Crippen LogP contribution < -0.4 is 15.5 Å². The van der Waals surface area contributed by atoms with Crippen molar-refractivity contribution in [1.82, 2.24) is 15.5 Å². The quantitative estimate of drug-likeness (QED) is 0.581. The largest absolute Gasteiger partial charge is 0.392 e. The Kier molecular flexibility index (Phi) is 13.0. The Bertz CT molecular complexity index is 531. The lowest BCUT2D eigenvalue weighted by Crippen LogP contribution is -2.47. The topological polar surface area (TPSA) is 67.8 Å². The van der Waals surface area contributed by atoms with Gasteiger partial charge in [-0.1, -0.05) is 18.2 Å². The van der Waals surface area contributed by atoms with Gasteiger partial charge in [-0.05, 0) is 31.5 Å². The fraction of sp³-hybridized carbons (Fsp3) is 0.611. The number of anilines is 1. The van der Waals surface area contributed by atoms with Crippen LogP contribution in [-0.4, -0.2) is 73.9 Å². The van der Waals surface area contributed by atoms with Crippen LogP contribution in [0.1, 0.15) is 12.8 Å². The first kappa shape index (κ1) is 26.2. The van der Waals surface area contributed by atoms with E-state index in [2.05, 4.69) is 50.8 Å². The van der Waals surface area contributed by atoms with Crippen molar-refractivity contribution in [2.45, 2.75) is 25.0 Å². The third-order valence-corrected chi connectivity index (χ3v) is 4.87. The SMILES string of the molecule is Cl.Cl.Cl.O=C(NCCCN1CCN(c2ccccc2)CC1)C1CC(O)CN1. The molecule has 2 heterocycles. The Balaban J connectivity index is 0.00000225. The minimum Gasteiger partial charge on any atom is -0.392 e. The summed E-state index contributed by atoms with van der Waals surface area (Å²) in [6.45, 7) is 6.48. The zero-order chi connectivity index (χ0) is 16.8. The molecule has 0 radical (unpaired) electrons. The van der Waals surface area contributed by atoms with Gasteiger partial charge in [-0.25, -0.2) is 0 Å². The number of nitrogens with zero attached hydrogens (tertiary/aromatic N) is 2. The molecule has 3 N–H and O–H groups in total. The van der Waals surface area contributed by atoms with Gasteiger partial charge < -0.3 is 20.6 Å². The number of para-hydroxylation sites is 1. The van der Waals surface area contributed by atoms with E-state index in [0.29, 0.717) is 19.5 Å². The number of β-amino-alcohol motifs (C(OH)–C–C–N with tert-alkyl or cyclic N) is 1. The molecule has 1 aromatic carbocycles. The van der Waals surface area contributed by atoms with E-state index in [0.717, 1.165) is 39.1 Å². The number of amides is 1. The van der Waals surface area contributed by atoms with Crippen LogP contribution in [-0.2, 0) is 4.79 Å². The Hall–Kier alpha value is -0.760.